The molecule has 0 bridgehead atoms. The highest BCUT2D eigenvalue weighted by atomic mass is 79.9. The predicted molar refractivity (Wildman–Crippen MR) is 51.3 cm³/mol. The van der Waals surface area contributed by atoms with Gasteiger partial charge in [0.25, 0.3) is 0 Å². The summed E-state index contributed by atoms with van der Waals surface area (Å²) in [7, 11) is 0. The van der Waals surface area contributed by atoms with Crippen LogP contribution in [0, 0.1) is 0 Å². The van der Waals surface area contributed by atoms with Crippen LogP contribution in [0.3, 0.4) is 0 Å². The van der Waals surface area contributed by atoms with Crippen LogP contribution in [0.2, 0.25) is 0 Å². The van der Waals surface area contributed by atoms with Gasteiger partial charge in [-0.25, -0.2) is 4.39 Å². The summed E-state index contributed by atoms with van der Waals surface area (Å²) in [6.07, 6.45) is 1.07. The lowest BCUT2D eigenvalue weighted by atomic mass is 9.90. The van der Waals surface area contributed by atoms with Gasteiger partial charge in [-0.2, -0.15) is 0 Å². The maximum Gasteiger partial charge on any atom is 0.138 e. The molecule has 0 heterocycles. The van der Waals surface area contributed by atoms with E-state index in [1.165, 1.54) is 5.56 Å². The maximum atomic E-state index is 13.5. The topological polar surface area (TPSA) is 0 Å². The number of hydrogen-bond acceptors (Lipinski definition) is 0. The van der Waals surface area contributed by atoms with Crippen molar-refractivity contribution in [2.24, 2.45) is 0 Å². The van der Waals surface area contributed by atoms with Gasteiger partial charge in [0.05, 0.1) is 4.83 Å². The summed E-state index contributed by atoms with van der Waals surface area (Å²) in [4.78, 5) is 0.00685. The van der Waals surface area contributed by atoms with E-state index in [9.17, 15) is 4.39 Å². The van der Waals surface area contributed by atoms with E-state index in [1.807, 2.05) is 24.3 Å². The Hall–Kier alpha value is -0.370. The Morgan fingerprint density at radius 1 is 1.33 bits per heavy atom. The zero-order chi connectivity index (χ0) is 8.55. The van der Waals surface area contributed by atoms with Gasteiger partial charge in [0.15, 0.2) is 0 Å². The number of fused-ring (bicyclic) bond motifs is 1. The van der Waals surface area contributed by atoms with Crippen molar-refractivity contribution >= 4 is 15.9 Å². The summed E-state index contributed by atoms with van der Waals surface area (Å²) in [5, 5.41) is 0. The van der Waals surface area contributed by atoms with Crippen molar-refractivity contribution in [3.63, 3.8) is 0 Å². The van der Waals surface area contributed by atoms with Crippen molar-refractivity contribution in [2.75, 3.05) is 0 Å². The molecule has 0 aromatic heterocycles. The van der Waals surface area contributed by atoms with E-state index in [-0.39, 0.29) is 4.83 Å². The van der Waals surface area contributed by atoms with Crippen LogP contribution in [0.15, 0.2) is 24.3 Å². The summed E-state index contributed by atoms with van der Waals surface area (Å²) in [6.45, 7) is 0. The molecule has 12 heavy (non-hydrogen) atoms. The first-order chi connectivity index (χ1) is 5.79. The van der Waals surface area contributed by atoms with Crippen molar-refractivity contribution in [1.82, 2.24) is 0 Å². The molecule has 0 nitrogen and oxygen atoms in total. The average molecular weight is 229 g/mol. The van der Waals surface area contributed by atoms with E-state index in [0.717, 1.165) is 18.4 Å². The fraction of sp³-hybridized carbons (Fsp3) is 0.400. The van der Waals surface area contributed by atoms with Crippen LogP contribution < -0.4 is 0 Å². The third-order valence-electron chi connectivity index (χ3n) is 2.36. The third kappa shape index (κ3) is 1.28. The van der Waals surface area contributed by atoms with Crippen LogP contribution in [0.5, 0.6) is 0 Å². The zero-order valence-electron chi connectivity index (χ0n) is 6.63. The molecule has 1 aromatic rings. The summed E-state index contributed by atoms with van der Waals surface area (Å²) in [5.41, 5.74) is 2.03. The monoisotopic (exact) mass is 228 g/mol. The molecule has 0 radical (unpaired) electrons. The van der Waals surface area contributed by atoms with Crippen LogP contribution in [-0.4, -0.2) is 4.83 Å². The molecule has 0 aliphatic heterocycles. The SMILES string of the molecule is F[C@H]1c2ccccc2CC[C@@H]1Br. The summed E-state index contributed by atoms with van der Waals surface area (Å²) < 4.78 is 13.5. The first kappa shape index (κ1) is 8.24. The largest absolute Gasteiger partial charge is 0.241 e. The molecule has 0 fully saturated rings. The van der Waals surface area contributed by atoms with Crippen molar-refractivity contribution in [3.8, 4) is 0 Å². The third-order valence-corrected chi connectivity index (χ3v) is 3.28. The highest BCUT2D eigenvalue weighted by Crippen LogP contribution is 2.36. The Balaban J connectivity index is 2.42. The normalized spacial score (nSPS) is 28.2. The molecule has 64 valence electrons. The number of aryl methyl sites for hydroxylation is 1. The molecule has 0 N–H and O–H groups in total. The average Bonchev–Trinajstić information content (AvgIpc) is 2.12. The molecule has 0 unspecified atom stereocenters. The molecular weight excluding hydrogens is 219 g/mol. The van der Waals surface area contributed by atoms with Crippen LogP contribution in [0.4, 0.5) is 4.39 Å². The smallest absolute Gasteiger partial charge is 0.138 e. The van der Waals surface area contributed by atoms with Crippen LogP contribution in [0.25, 0.3) is 0 Å². The molecule has 1 aliphatic rings. The van der Waals surface area contributed by atoms with Crippen LogP contribution in [0.1, 0.15) is 23.7 Å². The van der Waals surface area contributed by atoms with E-state index in [2.05, 4.69) is 15.9 Å². The van der Waals surface area contributed by atoms with Crippen molar-refractivity contribution < 1.29 is 4.39 Å². The quantitative estimate of drug-likeness (QED) is 0.598. The van der Waals surface area contributed by atoms with E-state index in [4.69, 9.17) is 0 Å². The maximum absolute atomic E-state index is 13.5. The van der Waals surface area contributed by atoms with Gasteiger partial charge in [-0.15, -0.1) is 0 Å². The van der Waals surface area contributed by atoms with Crippen LogP contribution in [-0.2, 0) is 6.42 Å². The first-order valence-electron chi connectivity index (χ1n) is 4.15. The fourth-order valence-electron chi connectivity index (χ4n) is 1.67. The van der Waals surface area contributed by atoms with Crippen molar-refractivity contribution in [1.29, 1.82) is 0 Å². The minimum Gasteiger partial charge on any atom is -0.241 e. The molecule has 1 aromatic carbocycles. The highest BCUT2D eigenvalue weighted by molar-refractivity contribution is 9.09. The first-order valence-corrected chi connectivity index (χ1v) is 5.06. The van der Waals surface area contributed by atoms with Crippen molar-refractivity contribution in [2.45, 2.75) is 23.8 Å². The lowest BCUT2D eigenvalue weighted by molar-refractivity contribution is 0.315. The Bertz CT molecular complexity index is 285. The van der Waals surface area contributed by atoms with Gasteiger partial charge in [0.1, 0.15) is 6.17 Å². The van der Waals surface area contributed by atoms with E-state index < -0.39 is 6.17 Å². The summed E-state index contributed by atoms with van der Waals surface area (Å²) >= 11 is 3.35. The number of alkyl halides is 2. The molecule has 0 saturated carbocycles. The molecule has 1 aliphatic carbocycles. The number of halogens is 2. The lowest BCUT2D eigenvalue weighted by Gasteiger charge is -2.23. The van der Waals surface area contributed by atoms with Gasteiger partial charge in [0.2, 0.25) is 0 Å². The van der Waals surface area contributed by atoms with Crippen LogP contribution >= 0.6 is 15.9 Å². The highest BCUT2D eigenvalue weighted by Gasteiger charge is 2.26. The number of benzene rings is 1. The molecule has 2 atom stereocenters. The zero-order valence-corrected chi connectivity index (χ0v) is 8.22. The Morgan fingerprint density at radius 2 is 2.08 bits per heavy atom. The van der Waals surface area contributed by atoms with Gasteiger partial charge >= 0.3 is 0 Å². The Morgan fingerprint density at radius 3 is 2.92 bits per heavy atom. The second-order valence-corrected chi connectivity index (χ2v) is 4.33. The predicted octanol–water partition coefficient (Wildman–Crippen LogP) is 3.41. The Kier molecular flexibility index (Phi) is 2.18. The van der Waals surface area contributed by atoms with E-state index >= 15 is 0 Å². The van der Waals surface area contributed by atoms with Gasteiger partial charge in [0, 0.05) is 0 Å². The molecular formula is C10H10BrF. The molecule has 2 rings (SSSR count). The fourth-order valence-corrected chi connectivity index (χ4v) is 2.18. The molecule has 0 saturated heterocycles. The summed E-state index contributed by atoms with van der Waals surface area (Å²) in [6, 6.07) is 7.77. The molecule has 0 amide bonds. The van der Waals surface area contributed by atoms with Crippen molar-refractivity contribution in [3.05, 3.63) is 35.4 Å². The lowest BCUT2D eigenvalue weighted by Crippen LogP contribution is -2.16. The van der Waals surface area contributed by atoms with E-state index in [1.54, 1.807) is 0 Å². The van der Waals surface area contributed by atoms with Gasteiger partial charge in [-0.05, 0) is 24.0 Å². The number of hydrogen-bond donors (Lipinski definition) is 0. The number of rotatable bonds is 0. The second-order valence-electron chi connectivity index (χ2n) is 3.16. The van der Waals surface area contributed by atoms with Gasteiger partial charge in [-0.1, -0.05) is 40.2 Å². The second kappa shape index (κ2) is 3.17. The minimum atomic E-state index is -0.824. The van der Waals surface area contributed by atoms with E-state index in [0.29, 0.717) is 0 Å². The summed E-state index contributed by atoms with van der Waals surface area (Å²) in [5.74, 6) is 0. The van der Waals surface area contributed by atoms with Gasteiger partial charge < -0.3 is 0 Å². The minimum absolute atomic E-state index is 0.00685. The standard InChI is InChI=1S/C10H10BrF/c11-9-6-5-7-3-1-2-4-8(7)10(9)12/h1-4,9-10H,5-6H2/t9-,10-/m0/s1. The Labute approximate surface area is 79.9 Å². The molecule has 2 heteroatoms. The molecule has 0 spiro atoms. The van der Waals surface area contributed by atoms with Gasteiger partial charge in [-0.3, -0.25) is 0 Å².